The molecule has 27 heavy (non-hydrogen) atoms. The van der Waals surface area contributed by atoms with Gasteiger partial charge in [-0.3, -0.25) is 14.3 Å². The Balaban J connectivity index is 1.44. The smallest absolute Gasteiger partial charge is 0.244 e. The number of nitrogens with zero attached hydrogens (tertiary/aromatic N) is 3. The molecule has 0 radical (unpaired) electrons. The highest BCUT2D eigenvalue weighted by Gasteiger charge is 2.42. The number of anilines is 1. The molecule has 2 aliphatic heterocycles. The number of carbonyl (C=O) groups is 2. The Morgan fingerprint density at radius 1 is 1.19 bits per heavy atom. The Bertz CT molecular complexity index is 907. The highest BCUT2D eigenvalue weighted by atomic mass is 16.2. The number of aromatic nitrogens is 2. The first-order valence-electron chi connectivity index (χ1n) is 9.57. The van der Waals surface area contributed by atoms with Gasteiger partial charge in [0.25, 0.3) is 0 Å². The van der Waals surface area contributed by atoms with E-state index in [9.17, 15) is 9.59 Å². The molecule has 142 valence electrons. The molecule has 0 bridgehead atoms. The number of amides is 1. The molecule has 0 aliphatic carbocycles. The van der Waals surface area contributed by atoms with Gasteiger partial charge in [0.15, 0.2) is 5.78 Å². The minimum Gasteiger partial charge on any atom is -0.384 e. The molecule has 4 rings (SSSR count). The predicted molar refractivity (Wildman–Crippen MR) is 104 cm³/mol. The Kier molecular flexibility index (Phi) is 4.29. The summed E-state index contributed by atoms with van der Waals surface area (Å²) >= 11 is 0. The third kappa shape index (κ3) is 2.93. The number of para-hydroxylation sites is 1. The lowest BCUT2D eigenvalue weighted by atomic mass is 9.74. The molecule has 6 nitrogen and oxygen atoms in total. The maximum absolute atomic E-state index is 12.8. The van der Waals surface area contributed by atoms with Gasteiger partial charge in [-0.05, 0) is 45.2 Å². The molecule has 1 fully saturated rings. The maximum Gasteiger partial charge on any atom is 0.244 e. The van der Waals surface area contributed by atoms with Gasteiger partial charge in [-0.2, -0.15) is 5.10 Å². The van der Waals surface area contributed by atoms with E-state index in [-0.39, 0.29) is 23.7 Å². The average Bonchev–Trinajstić information content (AvgIpc) is 3.14. The number of fused-ring (bicyclic) bond motifs is 2. The Labute approximate surface area is 159 Å². The van der Waals surface area contributed by atoms with E-state index in [1.165, 1.54) is 11.3 Å². The van der Waals surface area contributed by atoms with Crippen LogP contribution in [0.25, 0.3) is 0 Å². The number of aryl methyl sites for hydroxylation is 1. The van der Waals surface area contributed by atoms with Crippen LogP contribution >= 0.6 is 0 Å². The van der Waals surface area contributed by atoms with Gasteiger partial charge in [0.1, 0.15) is 6.54 Å². The zero-order valence-electron chi connectivity index (χ0n) is 16.2. The lowest BCUT2D eigenvalue weighted by molar-refractivity contribution is -0.133. The van der Waals surface area contributed by atoms with E-state index in [0.29, 0.717) is 11.3 Å². The number of carbonyl (C=O) groups excluding carboxylic acids is 2. The molecule has 2 aromatic rings. The van der Waals surface area contributed by atoms with Gasteiger partial charge in [-0.25, -0.2) is 0 Å². The number of hydrogen-bond donors (Lipinski definition) is 1. The topological polar surface area (TPSA) is 67.2 Å². The van der Waals surface area contributed by atoms with E-state index in [0.717, 1.165) is 38.2 Å². The van der Waals surface area contributed by atoms with Crippen molar-refractivity contribution in [1.82, 2.24) is 14.7 Å². The van der Waals surface area contributed by atoms with Crippen molar-refractivity contribution in [3.8, 4) is 0 Å². The third-order valence-corrected chi connectivity index (χ3v) is 6.21. The summed E-state index contributed by atoms with van der Waals surface area (Å²) in [6.45, 7) is 7.88. The summed E-state index contributed by atoms with van der Waals surface area (Å²) in [7, 11) is 0. The van der Waals surface area contributed by atoms with E-state index in [1.54, 1.807) is 11.6 Å². The van der Waals surface area contributed by atoms with Gasteiger partial charge in [0.05, 0.1) is 11.3 Å². The second-order valence-corrected chi connectivity index (χ2v) is 7.82. The molecule has 2 aliphatic rings. The molecule has 0 unspecified atom stereocenters. The summed E-state index contributed by atoms with van der Waals surface area (Å²) in [6, 6.07) is 8.51. The SMILES string of the molecule is CC(=O)c1c(C)nn(CC(=O)N2CCC3(CC2)CNc2ccccc23)c1C. The minimum atomic E-state index is -0.00369. The van der Waals surface area contributed by atoms with Crippen LogP contribution in [0.5, 0.6) is 0 Å². The van der Waals surface area contributed by atoms with E-state index in [1.807, 2.05) is 18.7 Å². The number of nitrogens with one attached hydrogen (secondary N) is 1. The number of likely N-dealkylation sites (tertiary alicyclic amines) is 1. The first-order chi connectivity index (χ1) is 12.9. The lowest BCUT2D eigenvalue weighted by Gasteiger charge is -2.39. The lowest BCUT2D eigenvalue weighted by Crippen LogP contribution is -2.47. The van der Waals surface area contributed by atoms with Gasteiger partial charge in [-0.15, -0.1) is 0 Å². The second-order valence-electron chi connectivity index (χ2n) is 7.82. The molecule has 1 aromatic carbocycles. The number of Topliss-reactive ketones (excluding diaryl/α,β-unsaturated/α-hetero) is 1. The Morgan fingerprint density at radius 3 is 2.56 bits per heavy atom. The zero-order chi connectivity index (χ0) is 19.2. The summed E-state index contributed by atoms with van der Waals surface area (Å²) in [5.74, 6) is 0.0702. The highest BCUT2D eigenvalue weighted by Crippen LogP contribution is 2.43. The number of benzene rings is 1. The molecule has 0 atom stereocenters. The van der Waals surface area contributed by atoms with Gasteiger partial charge < -0.3 is 10.2 Å². The van der Waals surface area contributed by atoms with Crippen molar-refractivity contribution in [1.29, 1.82) is 0 Å². The van der Waals surface area contributed by atoms with Crippen molar-refractivity contribution in [3.63, 3.8) is 0 Å². The molecular weight excluding hydrogens is 340 g/mol. The normalized spacial score (nSPS) is 17.7. The fourth-order valence-electron chi connectivity index (χ4n) is 4.68. The fraction of sp³-hybridized carbons (Fsp3) is 0.476. The van der Waals surface area contributed by atoms with Crippen molar-refractivity contribution < 1.29 is 9.59 Å². The van der Waals surface area contributed by atoms with Gasteiger partial charge in [0.2, 0.25) is 5.91 Å². The molecule has 0 saturated carbocycles. The summed E-state index contributed by atoms with van der Waals surface area (Å²) < 4.78 is 1.67. The standard InChI is InChI=1S/C21H26N4O2/c1-14-20(16(3)26)15(2)25(23-14)12-19(27)24-10-8-21(9-11-24)13-22-18-7-5-4-6-17(18)21/h4-7,22H,8-13H2,1-3H3. The summed E-state index contributed by atoms with van der Waals surface area (Å²) in [4.78, 5) is 26.5. The van der Waals surface area contributed by atoms with E-state index < -0.39 is 0 Å². The Hall–Kier alpha value is -2.63. The minimum absolute atomic E-state index is 0.00369. The second kappa shape index (κ2) is 6.51. The van der Waals surface area contributed by atoms with E-state index in [4.69, 9.17) is 0 Å². The van der Waals surface area contributed by atoms with Crippen molar-refractivity contribution in [2.24, 2.45) is 0 Å². The first-order valence-corrected chi connectivity index (χ1v) is 9.57. The van der Waals surface area contributed by atoms with Crippen LogP contribution < -0.4 is 5.32 Å². The van der Waals surface area contributed by atoms with Crippen LogP contribution in [0.2, 0.25) is 0 Å². The monoisotopic (exact) mass is 366 g/mol. The molecule has 3 heterocycles. The predicted octanol–water partition coefficient (Wildman–Crippen LogP) is 2.69. The van der Waals surface area contributed by atoms with Crippen molar-refractivity contribution in [2.75, 3.05) is 25.0 Å². The average molecular weight is 366 g/mol. The fourth-order valence-corrected chi connectivity index (χ4v) is 4.68. The van der Waals surface area contributed by atoms with Gasteiger partial charge in [-0.1, -0.05) is 18.2 Å². The van der Waals surface area contributed by atoms with Gasteiger partial charge >= 0.3 is 0 Å². The molecule has 1 amide bonds. The summed E-state index contributed by atoms with van der Waals surface area (Å²) in [5, 5.41) is 7.93. The van der Waals surface area contributed by atoms with Crippen LogP contribution in [0.15, 0.2) is 24.3 Å². The number of rotatable bonds is 3. The summed E-state index contributed by atoms with van der Waals surface area (Å²) in [5.41, 5.74) is 4.87. The molecule has 1 aromatic heterocycles. The largest absolute Gasteiger partial charge is 0.384 e. The maximum atomic E-state index is 12.8. The van der Waals surface area contributed by atoms with Crippen molar-refractivity contribution in [3.05, 3.63) is 46.8 Å². The van der Waals surface area contributed by atoms with Crippen LogP contribution in [0.1, 0.15) is 47.1 Å². The van der Waals surface area contributed by atoms with Crippen LogP contribution in [-0.2, 0) is 16.8 Å². The van der Waals surface area contributed by atoms with Crippen molar-refractivity contribution in [2.45, 2.75) is 45.6 Å². The quantitative estimate of drug-likeness (QED) is 0.848. The van der Waals surface area contributed by atoms with Gasteiger partial charge in [0, 0.05) is 36.4 Å². The first kappa shape index (κ1) is 17.8. The van der Waals surface area contributed by atoms with Crippen LogP contribution in [0.4, 0.5) is 5.69 Å². The van der Waals surface area contributed by atoms with Crippen molar-refractivity contribution >= 4 is 17.4 Å². The van der Waals surface area contributed by atoms with Crippen LogP contribution in [-0.4, -0.2) is 46.0 Å². The Morgan fingerprint density at radius 2 is 1.89 bits per heavy atom. The van der Waals surface area contributed by atoms with Crippen LogP contribution in [0, 0.1) is 13.8 Å². The van der Waals surface area contributed by atoms with E-state index in [2.05, 4.69) is 34.7 Å². The number of ketones is 1. The van der Waals surface area contributed by atoms with Crippen LogP contribution in [0.3, 0.4) is 0 Å². The molecule has 1 saturated heterocycles. The highest BCUT2D eigenvalue weighted by molar-refractivity contribution is 5.96. The summed E-state index contributed by atoms with van der Waals surface area (Å²) in [6.07, 6.45) is 1.94. The molecular formula is C21H26N4O2. The molecule has 6 heteroatoms. The molecule has 1 N–H and O–H groups in total. The van der Waals surface area contributed by atoms with E-state index >= 15 is 0 Å². The number of hydrogen-bond acceptors (Lipinski definition) is 4. The zero-order valence-corrected chi connectivity index (χ0v) is 16.2. The third-order valence-electron chi connectivity index (χ3n) is 6.21. The molecule has 1 spiro atoms. The number of piperidine rings is 1.